The molecule has 2 amide bonds. The molecule has 0 aromatic heterocycles. The van der Waals surface area contributed by atoms with Gasteiger partial charge in [0, 0.05) is 36.8 Å². The van der Waals surface area contributed by atoms with Crippen LogP contribution in [0, 0.1) is 70.1 Å². The number of carbonyl (C=O) groups is 2. The van der Waals surface area contributed by atoms with Crippen LogP contribution >= 0.6 is 0 Å². The van der Waals surface area contributed by atoms with Crippen molar-refractivity contribution in [2.24, 2.45) is 0 Å². The molecule has 8 nitrogen and oxygen atoms in total. The van der Waals surface area contributed by atoms with Gasteiger partial charge in [-0.1, -0.05) is 23.7 Å². The van der Waals surface area contributed by atoms with Crippen molar-refractivity contribution in [3.05, 3.63) is 47.0 Å². The largest absolute Gasteiger partial charge is 0.530 e. The summed E-state index contributed by atoms with van der Waals surface area (Å²) >= 11 is 0. The third-order valence-electron chi connectivity index (χ3n) is 5.76. The molecule has 2 rings (SSSR count). The Morgan fingerprint density at radius 3 is 1.44 bits per heavy atom. The molecule has 0 bridgehead atoms. The van der Waals surface area contributed by atoms with Crippen LogP contribution in [0.15, 0.2) is 30.3 Å². The number of hydrogen-bond acceptors (Lipinski definition) is 6. The van der Waals surface area contributed by atoms with Crippen molar-refractivity contribution in [2.75, 3.05) is 59.9 Å². The van der Waals surface area contributed by atoms with Crippen LogP contribution in [0.1, 0.15) is 16.7 Å². The molecule has 202 valence electrons. The predicted octanol–water partition coefficient (Wildman–Crippen LogP) is 2.00. The van der Waals surface area contributed by atoms with Gasteiger partial charge in [0.1, 0.15) is 12.2 Å². The molecule has 0 saturated carbocycles. The third-order valence-corrected chi connectivity index (χ3v) is 5.76. The zero-order chi connectivity index (χ0) is 29.7. The highest BCUT2D eigenvalue weighted by Gasteiger charge is 2.14. The maximum Gasteiger partial charge on any atom is 0.141 e. The molecule has 0 aliphatic heterocycles. The normalized spacial score (nSPS) is 9.36. The molecule has 0 spiro atoms. The summed E-state index contributed by atoms with van der Waals surface area (Å²) in [4.78, 5) is 27.6. The summed E-state index contributed by atoms with van der Waals surface area (Å²) in [6.07, 6.45) is 18.8. The average Bonchev–Trinajstić information content (AvgIpc) is 2.87. The van der Waals surface area contributed by atoms with Gasteiger partial charge in [-0.05, 0) is 67.8 Å². The van der Waals surface area contributed by atoms with Crippen molar-refractivity contribution in [1.82, 2.24) is 0 Å². The molecule has 39 heavy (non-hydrogen) atoms. The standard InChI is InChI=1S/C16H18N2O2.C15H16N2O2/c1-6-8-18(9-7-2)15-12(3)10-14(11-13(15)4)17(5)16(19)20;1-5-9-17(10-6-2)14-8-7-13(11-12(14)3)16(4)15(18)19/h1-2,10-11H,8-9H2,3-5H3,(H,19,20);1-2,7-8,11H,9-10H2,3-4H3,(H,18,19)/p-2. The van der Waals surface area contributed by atoms with Crippen molar-refractivity contribution in [1.29, 1.82) is 0 Å². The summed E-state index contributed by atoms with van der Waals surface area (Å²) in [6.45, 7) is 7.29. The molecule has 0 heterocycles. The maximum absolute atomic E-state index is 10.9. The van der Waals surface area contributed by atoms with Crippen LogP contribution in [0.3, 0.4) is 0 Å². The van der Waals surface area contributed by atoms with Gasteiger partial charge in [-0.15, -0.1) is 25.7 Å². The monoisotopic (exact) mass is 524 g/mol. The fourth-order valence-electron chi connectivity index (χ4n) is 3.92. The lowest BCUT2D eigenvalue weighted by atomic mass is 10.1. The first-order valence-corrected chi connectivity index (χ1v) is 11.8. The van der Waals surface area contributed by atoms with Gasteiger partial charge in [0.05, 0.1) is 26.2 Å². The van der Waals surface area contributed by atoms with Crippen LogP contribution in [0.2, 0.25) is 0 Å². The van der Waals surface area contributed by atoms with E-state index in [1.807, 2.05) is 30.6 Å². The Balaban J connectivity index is 0.000000391. The highest BCUT2D eigenvalue weighted by Crippen LogP contribution is 2.29. The lowest BCUT2D eigenvalue weighted by molar-refractivity contribution is -0.247. The van der Waals surface area contributed by atoms with E-state index in [4.69, 9.17) is 25.7 Å². The van der Waals surface area contributed by atoms with E-state index in [1.165, 1.54) is 14.1 Å². The molecule has 0 unspecified atom stereocenters. The second-order valence-corrected chi connectivity index (χ2v) is 8.58. The third kappa shape index (κ3) is 8.71. The smallest absolute Gasteiger partial charge is 0.141 e. The van der Waals surface area contributed by atoms with Crippen molar-refractivity contribution in [2.45, 2.75) is 20.8 Å². The first kappa shape index (κ1) is 31.8. The maximum atomic E-state index is 10.9. The lowest BCUT2D eigenvalue weighted by Crippen LogP contribution is -2.38. The van der Waals surface area contributed by atoms with Gasteiger partial charge in [-0.3, -0.25) is 0 Å². The van der Waals surface area contributed by atoms with Crippen LogP contribution < -0.4 is 29.8 Å². The number of amides is 2. The summed E-state index contributed by atoms with van der Waals surface area (Å²) in [5.74, 6) is 10.3. The molecule has 0 N–H and O–H groups in total. The second-order valence-electron chi connectivity index (χ2n) is 8.58. The number of terminal acetylenes is 4. The van der Waals surface area contributed by atoms with Gasteiger partial charge in [0.15, 0.2) is 0 Å². The van der Waals surface area contributed by atoms with Crippen LogP contribution in [0.5, 0.6) is 0 Å². The average molecular weight is 525 g/mol. The Labute approximate surface area is 231 Å². The Morgan fingerprint density at radius 1 is 0.667 bits per heavy atom. The molecule has 0 aliphatic carbocycles. The van der Waals surface area contributed by atoms with Gasteiger partial charge in [-0.2, -0.15) is 0 Å². The van der Waals surface area contributed by atoms with Gasteiger partial charge in [0.25, 0.3) is 0 Å². The van der Waals surface area contributed by atoms with Crippen molar-refractivity contribution in [3.63, 3.8) is 0 Å². The van der Waals surface area contributed by atoms with Gasteiger partial charge in [0.2, 0.25) is 0 Å². The Morgan fingerprint density at radius 2 is 1.05 bits per heavy atom. The Kier molecular flexibility index (Phi) is 12.4. The molecule has 0 saturated heterocycles. The first-order chi connectivity index (χ1) is 18.4. The minimum Gasteiger partial charge on any atom is -0.530 e. The number of carbonyl (C=O) groups excluding carboxylic acids is 2. The number of hydrogen-bond donors (Lipinski definition) is 0. The van der Waals surface area contributed by atoms with Crippen LogP contribution in [-0.4, -0.2) is 52.5 Å². The summed E-state index contributed by atoms with van der Waals surface area (Å²) in [5, 5.41) is 21.7. The highest BCUT2D eigenvalue weighted by molar-refractivity contribution is 5.85. The second kappa shape index (κ2) is 15.2. The number of aryl methyl sites for hydroxylation is 3. The van der Waals surface area contributed by atoms with Gasteiger partial charge < -0.3 is 39.4 Å². The SMILES string of the molecule is C#CCN(CC#C)c1c(C)cc(N(C)C(=O)[O-])cc1C.C#CCN(CC#C)c1ccc(N(C)C(=O)[O-])cc1C. The number of anilines is 4. The molecule has 2 aromatic rings. The number of benzene rings is 2. The van der Waals surface area contributed by atoms with Crippen molar-refractivity contribution >= 4 is 34.9 Å². The number of carboxylic acid groups (broad SMARTS) is 2. The minimum absolute atomic E-state index is 0.403. The van der Waals surface area contributed by atoms with E-state index < -0.39 is 12.2 Å². The lowest BCUT2D eigenvalue weighted by Gasteiger charge is -2.27. The van der Waals surface area contributed by atoms with Crippen molar-refractivity contribution < 1.29 is 19.8 Å². The fourth-order valence-corrected chi connectivity index (χ4v) is 3.92. The summed E-state index contributed by atoms with van der Waals surface area (Å²) in [6, 6.07) is 8.80. The molecule has 0 radical (unpaired) electrons. The molecule has 0 fully saturated rings. The minimum atomic E-state index is -1.25. The van der Waals surface area contributed by atoms with E-state index in [0.717, 1.165) is 37.9 Å². The fraction of sp³-hybridized carbons (Fsp3) is 0.290. The molecule has 2 aromatic carbocycles. The van der Waals surface area contributed by atoms with Gasteiger partial charge in [-0.25, -0.2) is 0 Å². The van der Waals surface area contributed by atoms with Crippen LogP contribution in [0.25, 0.3) is 0 Å². The summed E-state index contributed by atoms with van der Waals surface area (Å²) < 4.78 is 0. The van der Waals surface area contributed by atoms with Crippen molar-refractivity contribution in [3.8, 4) is 49.4 Å². The zero-order valence-electron chi connectivity index (χ0n) is 22.9. The summed E-state index contributed by atoms with van der Waals surface area (Å²) in [7, 11) is 2.88. The number of rotatable bonds is 8. The topological polar surface area (TPSA) is 93.2 Å². The molecular formula is C31H32N4O4-2. The molecule has 8 heteroatoms. The Bertz CT molecular complexity index is 1300. The predicted molar refractivity (Wildman–Crippen MR) is 154 cm³/mol. The van der Waals surface area contributed by atoms with E-state index in [2.05, 4.69) is 23.7 Å². The first-order valence-electron chi connectivity index (χ1n) is 11.8. The quantitative estimate of drug-likeness (QED) is 0.491. The highest BCUT2D eigenvalue weighted by atomic mass is 16.4. The van der Waals surface area contributed by atoms with E-state index >= 15 is 0 Å². The van der Waals surface area contributed by atoms with E-state index in [1.54, 1.807) is 30.3 Å². The van der Waals surface area contributed by atoms with E-state index in [9.17, 15) is 19.8 Å². The number of nitrogens with zero attached hydrogens (tertiary/aromatic N) is 4. The zero-order valence-corrected chi connectivity index (χ0v) is 22.9. The van der Waals surface area contributed by atoms with Crippen LogP contribution in [-0.2, 0) is 0 Å². The molecule has 0 atom stereocenters. The van der Waals surface area contributed by atoms with E-state index in [0.29, 0.717) is 37.6 Å². The van der Waals surface area contributed by atoms with Gasteiger partial charge >= 0.3 is 0 Å². The Hall–Kier alpha value is -5.18. The van der Waals surface area contributed by atoms with Crippen LogP contribution in [0.4, 0.5) is 32.3 Å². The molecule has 0 aliphatic rings. The summed E-state index contributed by atoms with van der Waals surface area (Å²) in [5.41, 5.74) is 5.67. The van der Waals surface area contributed by atoms with E-state index in [-0.39, 0.29) is 0 Å². The molecular weight excluding hydrogens is 492 g/mol.